The normalized spacial score (nSPS) is 11.1. The van der Waals surface area contributed by atoms with Gasteiger partial charge >= 0.3 is 0 Å². The van der Waals surface area contributed by atoms with Gasteiger partial charge in [0.1, 0.15) is 11.5 Å². The first-order valence-electron chi connectivity index (χ1n) is 6.93. The summed E-state index contributed by atoms with van der Waals surface area (Å²) in [5.41, 5.74) is 2.47. The predicted molar refractivity (Wildman–Crippen MR) is 87.0 cm³/mol. The summed E-state index contributed by atoms with van der Waals surface area (Å²) in [5, 5.41) is 22.7. The molecule has 0 saturated carbocycles. The van der Waals surface area contributed by atoms with Crippen LogP contribution in [0.5, 0.6) is 11.5 Å². The van der Waals surface area contributed by atoms with E-state index in [9.17, 15) is 10.2 Å². The fourth-order valence-electron chi connectivity index (χ4n) is 2.31. The van der Waals surface area contributed by atoms with E-state index in [4.69, 9.17) is 0 Å². The van der Waals surface area contributed by atoms with Crippen LogP contribution in [-0.4, -0.2) is 16.8 Å². The van der Waals surface area contributed by atoms with Gasteiger partial charge in [-0.1, -0.05) is 38.1 Å². The molecule has 3 heteroatoms. The van der Waals surface area contributed by atoms with Crippen molar-refractivity contribution < 1.29 is 10.2 Å². The lowest BCUT2D eigenvalue weighted by molar-refractivity contribution is 0.471. The number of hydrogen-bond acceptors (Lipinski definition) is 3. The van der Waals surface area contributed by atoms with Crippen LogP contribution in [0.25, 0.3) is 0 Å². The zero-order valence-electron chi connectivity index (χ0n) is 12.4. The number of aromatic hydroxyl groups is 2. The molecule has 0 radical (unpaired) electrons. The minimum Gasteiger partial charge on any atom is -0.508 e. The summed E-state index contributed by atoms with van der Waals surface area (Å²) < 4.78 is 0. The number of phenols is 2. The Kier molecular flexibility index (Phi) is 4.22. The van der Waals surface area contributed by atoms with Crippen molar-refractivity contribution in [3.05, 3.63) is 66.2 Å². The summed E-state index contributed by atoms with van der Waals surface area (Å²) >= 11 is 0. The second-order valence-corrected chi connectivity index (χ2v) is 5.58. The van der Waals surface area contributed by atoms with Crippen molar-refractivity contribution in [2.24, 2.45) is 0 Å². The average Bonchev–Trinajstić information content (AvgIpc) is 2.46. The Hall–Kier alpha value is -2.42. The van der Waals surface area contributed by atoms with E-state index in [0.29, 0.717) is 12.2 Å². The maximum atomic E-state index is 9.91. The maximum absolute atomic E-state index is 9.91. The molecule has 0 saturated heterocycles. The van der Waals surface area contributed by atoms with Gasteiger partial charge in [0.25, 0.3) is 0 Å². The van der Waals surface area contributed by atoms with Crippen LogP contribution >= 0.6 is 0 Å². The van der Waals surface area contributed by atoms with Crippen molar-refractivity contribution in [1.29, 1.82) is 0 Å². The monoisotopic (exact) mass is 283 g/mol. The van der Waals surface area contributed by atoms with Crippen molar-refractivity contribution in [3.63, 3.8) is 0 Å². The highest BCUT2D eigenvalue weighted by Gasteiger charge is 2.24. The van der Waals surface area contributed by atoms with E-state index in [2.05, 4.69) is 25.7 Å². The van der Waals surface area contributed by atoms with Gasteiger partial charge in [-0.2, -0.15) is 0 Å². The topological polar surface area (TPSA) is 52.5 Å². The summed E-state index contributed by atoms with van der Waals surface area (Å²) in [6.45, 7) is 8.43. The molecule has 110 valence electrons. The Balaban J connectivity index is 2.42. The molecule has 2 aromatic rings. The maximum Gasteiger partial charge on any atom is 0.138 e. The quantitative estimate of drug-likeness (QED) is 0.574. The highest BCUT2D eigenvalue weighted by atomic mass is 16.3. The van der Waals surface area contributed by atoms with Crippen LogP contribution in [0.4, 0.5) is 5.69 Å². The van der Waals surface area contributed by atoms with Crippen LogP contribution in [0.2, 0.25) is 0 Å². The van der Waals surface area contributed by atoms with E-state index >= 15 is 0 Å². The first kappa shape index (κ1) is 15.0. The van der Waals surface area contributed by atoms with Crippen molar-refractivity contribution in [2.45, 2.75) is 19.3 Å². The van der Waals surface area contributed by atoms with Crippen LogP contribution < -0.4 is 5.32 Å². The second-order valence-electron chi connectivity index (χ2n) is 5.58. The van der Waals surface area contributed by atoms with Crippen molar-refractivity contribution in [1.82, 2.24) is 0 Å². The minimum atomic E-state index is -0.281. The number of phenolic OH excluding ortho intramolecular Hbond substituents is 2. The molecule has 0 heterocycles. The summed E-state index contributed by atoms with van der Waals surface area (Å²) in [4.78, 5) is 0. The Labute approximate surface area is 125 Å². The van der Waals surface area contributed by atoms with Gasteiger partial charge in [0, 0.05) is 12.0 Å². The van der Waals surface area contributed by atoms with Gasteiger partial charge in [0.15, 0.2) is 0 Å². The third kappa shape index (κ3) is 3.19. The Morgan fingerprint density at radius 3 is 2.48 bits per heavy atom. The molecular weight excluding hydrogens is 262 g/mol. The van der Waals surface area contributed by atoms with Crippen LogP contribution in [0.1, 0.15) is 25.0 Å². The smallest absolute Gasteiger partial charge is 0.138 e. The van der Waals surface area contributed by atoms with Crippen molar-refractivity contribution in [3.8, 4) is 11.5 Å². The summed E-state index contributed by atoms with van der Waals surface area (Å²) in [7, 11) is 0. The standard InChI is InChI=1S/C18H21NO2/c1-4-10-19-16-12-14(8-9-17(16)21)18(2,3)13-6-5-7-15(20)11-13/h4-9,11-12,19-21H,1,10H2,2-3H3. The lowest BCUT2D eigenvalue weighted by Gasteiger charge is -2.27. The van der Waals surface area contributed by atoms with E-state index in [-0.39, 0.29) is 16.9 Å². The molecule has 3 N–H and O–H groups in total. The fourth-order valence-corrected chi connectivity index (χ4v) is 2.31. The molecule has 0 fully saturated rings. The Bertz CT molecular complexity index is 647. The second kappa shape index (κ2) is 5.92. The minimum absolute atomic E-state index is 0.215. The van der Waals surface area contributed by atoms with Gasteiger partial charge in [0.2, 0.25) is 0 Å². The third-order valence-electron chi connectivity index (χ3n) is 3.72. The largest absolute Gasteiger partial charge is 0.508 e. The van der Waals surface area contributed by atoms with Crippen LogP contribution in [0, 0.1) is 0 Å². The average molecular weight is 283 g/mol. The Morgan fingerprint density at radius 1 is 1.10 bits per heavy atom. The molecule has 0 aliphatic carbocycles. The summed E-state index contributed by atoms with van der Waals surface area (Å²) in [6, 6.07) is 12.8. The van der Waals surface area contributed by atoms with Crippen LogP contribution in [-0.2, 0) is 5.41 Å². The molecule has 0 aliphatic heterocycles. The molecular formula is C18H21NO2. The number of benzene rings is 2. The van der Waals surface area contributed by atoms with Crippen molar-refractivity contribution in [2.75, 3.05) is 11.9 Å². The van der Waals surface area contributed by atoms with Gasteiger partial charge in [-0.15, -0.1) is 6.58 Å². The zero-order valence-corrected chi connectivity index (χ0v) is 12.4. The van der Waals surface area contributed by atoms with Gasteiger partial charge in [-0.3, -0.25) is 0 Å². The lowest BCUT2D eigenvalue weighted by Crippen LogP contribution is -2.19. The molecule has 0 aliphatic rings. The van der Waals surface area contributed by atoms with Gasteiger partial charge < -0.3 is 15.5 Å². The SMILES string of the molecule is C=CCNc1cc(C(C)(C)c2cccc(O)c2)ccc1O. The summed E-state index contributed by atoms with van der Waals surface area (Å²) in [6.07, 6.45) is 1.74. The number of hydrogen-bond donors (Lipinski definition) is 3. The molecule has 0 aromatic heterocycles. The van der Waals surface area contributed by atoms with Gasteiger partial charge in [0.05, 0.1) is 5.69 Å². The number of anilines is 1. The lowest BCUT2D eigenvalue weighted by atomic mass is 9.78. The van der Waals surface area contributed by atoms with Crippen LogP contribution in [0.3, 0.4) is 0 Å². The fraction of sp³-hybridized carbons (Fsp3) is 0.222. The van der Waals surface area contributed by atoms with Gasteiger partial charge in [-0.25, -0.2) is 0 Å². The first-order valence-corrected chi connectivity index (χ1v) is 6.93. The van der Waals surface area contributed by atoms with Gasteiger partial charge in [-0.05, 0) is 35.4 Å². The summed E-state index contributed by atoms with van der Waals surface area (Å²) in [5.74, 6) is 0.469. The number of rotatable bonds is 5. The van der Waals surface area contributed by atoms with Crippen LogP contribution in [0.15, 0.2) is 55.1 Å². The van der Waals surface area contributed by atoms with E-state index in [1.807, 2.05) is 24.3 Å². The molecule has 0 unspecified atom stereocenters. The molecule has 0 bridgehead atoms. The number of nitrogens with one attached hydrogen (secondary N) is 1. The molecule has 3 nitrogen and oxygen atoms in total. The zero-order chi connectivity index (χ0) is 15.5. The molecule has 0 atom stereocenters. The third-order valence-corrected chi connectivity index (χ3v) is 3.72. The Morgan fingerprint density at radius 2 is 1.81 bits per heavy atom. The molecule has 2 aromatic carbocycles. The molecule has 21 heavy (non-hydrogen) atoms. The molecule has 2 rings (SSSR count). The molecule has 0 amide bonds. The van der Waals surface area contributed by atoms with E-state index < -0.39 is 0 Å². The first-order chi connectivity index (χ1) is 9.95. The molecule has 0 spiro atoms. The highest BCUT2D eigenvalue weighted by molar-refractivity contribution is 5.59. The highest BCUT2D eigenvalue weighted by Crippen LogP contribution is 2.36. The van der Waals surface area contributed by atoms with E-state index in [0.717, 1.165) is 11.1 Å². The van der Waals surface area contributed by atoms with E-state index in [1.165, 1.54) is 0 Å². The van der Waals surface area contributed by atoms with E-state index in [1.54, 1.807) is 24.3 Å². The van der Waals surface area contributed by atoms with Crippen molar-refractivity contribution >= 4 is 5.69 Å². The predicted octanol–water partition coefficient (Wildman–Crippen LogP) is 4.02.